The van der Waals surface area contributed by atoms with Gasteiger partial charge in [0.2, 0.25) is 0 Å². The highest BCUT2D eigenvalue weighted by molar-refractivity contribution is 6.39. The third-order valence-corrected chi connectivity index (χ3v) is 5.14. The fraction of sp³-hybridized carbons (Fsp3) is 0.875. The van der Waals surface area contributed by atoms with Gasteiger partial charge in [-0.2, -0.15) is 0 Å². The summed E-state index contributed by atoms with van der Waals surface area (Å²) in [5.41, 5.74) is 0. The minimum absolute atomic E-state index is 0.215. The Morgan fingerprint density at radius 1 is 0.758 bits per heavy atom. The second kappa shape index (κ2) is 24.2. The summed E-state index contributed by atoms with van der Waals surface area (Å²) in [5.74, 6) is -0.505. The number of unbranched alkanes of at least 4 members (excludes halogenated alkanes) is 11. The Kier molecular flexibility index (Phi) is 23.5. The van der Waals surface area contributed by atoms with Crippen molar-refractivity contribution in [2.45, 2.75) is 109 Å². The largest absolute Gasteiger partial charge is 0.715 e. The highest BCUT2D eigenvalue weighted by atomic mass is 16.7. The third-order valence-electron chi connectivity index (χ3n) is 5.14. The summed E-state index contributed by atoms with van der Waals surface area (Å²) in [6, 6.07) is 0. The van der Waals surface area contributed by atoms with Crippen molar-refractivity contribution in [1.82, 2.24) is 0 Å². The fourth-order valence-electron chi connectivity index (χ4n) is 3.11. The summed E-state index contributed by atoms with van der Waals surface area (Å²) in [4.78, 5) is 12.0. The van der Waals surface area contributed by atoms with Gasteiger partial charge in [0, 0.05) is 6.42 Å². The lowest BCUT2D eigenvalue weighted by molar-refractivity contribution is -0.138. The van der Waals surface area contributed by atoms with Gasteiger partial charge < -0.3 is 34.4 Å². The van der Waals surface area contributed by atoms with Gasteiger partial charge in [-0.1, -0.05) is 70.4 Å². The van der Waals surface area contributed by atoms with Gasteiger partial charge in [0.05, 0.1) is 38.6 Å². The lowest BCUT2D eigenvalue weighted by Gasteiger charge is -2.17. The Morgan fingerprint density at radius 2 is 1.21 bits per heavy atom. The van der Waals surface area contributed by atoms with Crippen molar-refractivity contribution in [3.63, 3.8) is 0 Å². The molecule has 0 aromatic heterocycles. The van der Waals surface area contributed by atoms with Crippen LogP contribution in [0.2, 0.25) is 0 Å². The third kappa shape index (κ3) is 22.6. The molecule has 4 N–H and O–H groups in total. The van der Waals surface area contributed by atoms with Crippen LogP contribution in [0.15, 0.2) is 12.2 Å². The van der Waals surface area contributed by atoms with Crippen LogP contribution in [0.3, 0.4) is 0 Å². The van der Waals surface area contributed by atoms with Crippen LogP contribution >= 0.6 is 0 Å². The maximum absolute atomic E-state index is 12.0. The van der Waals surface area contributed by atoms with Gasteiger partial charge in [-0.05, 0) is 32.1 Å². The Balaban J connectivity index is 3.77. The number of allylic oxidation sites excluding steroid dienone is 2. The first-order valence-corrected chi connectivity index (χ1v) is 12.7. The zero-order chi connectivity index (χ0) is 24.6. The average Bonchev–Trinajstić information content (AvgIpc) is 2.82. The number of hydrogen-bond acceptors (Lipinski definition) is 8. The molecule has 0 radical (unpaired) electrons. The maximum atomic E-state index is 12.0. The van der Waals surface area contributed by atoms with Crippen molar-refractivity contribution in [2.24, 2.45) is 0 Å². The molecule has 0 fully saturated rings. The number of rotatable bonds is 24. The second-order valence-corrected chi connectivity index (χ2v) is 8.45. The van der Waals surface area contributed by atoms with Crippen LogP contribution in [-0.2, 0) is 18.8 Å². The molecule has 2 unspecified atom stereocenters. The summed E-state index contributed by atoms with van der Waals surface area (Å²) in [5, 5.41) is 36.4. The first kappa shape index (κ1) is 32.0. The van der Waals surface area contributed by atoms with E-state index in [1.807, 2.05) is 0 Å². The van der Waals surface area contributed by atoms with E-state index in [4.69, 9.17) is 24.2 Å². The van der Waals surface area contributed by atoms with Gasteiger partial charge in [-0.3, -0.25) is 4.79 Å². The zero-order valence-corrected chi connectivity index (χ0v) is 20.5. The molecule has 9 heteroatoms. The van der Waals surface area contributed by atoms with Gasteiger partial charge in [-0.25, -0.2) is 0 Å². The van der Waals surface area contributed by atoms with Gasteiger partial charge in [0.25, 0.3) is 5.97 Å². The molecular formula is C24H47BO8. The molecule has 0 aromatic carbocycles. The highest BCUT2D eigenvalue weighted by Crippen LogP contribution is 2.10. The van der Waals surface area contributed by atoms with E-state index < -0.39 is 38.7 Å². The van der Waals surface area contributed by atoms with E-state index in [0.717, 1.165) is 32.1 Å². The molecule has 0 saturated carbocycles. The van der Waals surface area contributed by atoms with Crippen LogP contribution in [0.1, 0.15) is 96.8 Å². The van der Waals surface area contributed by atoms with E-state index in [0.29, 0.717) is 6.42 Å². The van der Waals surface area contributed by atoms with Crippen molar-refractivity contribution in [3.05, 3.63) is 12.2 Å². The molecule has 0 spiro atoms. The van der Waals surface area contributed by atoms with E-state index in [1.165, 1.54) is 44.9 Å². The topological polar surface area (TPSA) is 126 Å². The lowest BCUT2D eigenvalue weighted by Crippen LogP contribution is -2.36. The smallest absolute Gasteiger partial charge is 0.485 e. The molecule has 2 atom stereocenters. The molecule has 0 bridgehead atoms. The van der Waals surface area contributed by atoms with Crippen molar-refractivity contribution in [2.75, 3.05) is 26.4 Å². The number of carbonyl (C=O) groups is 1. The van der Waals surface area contributed by atoms with Gasteiger partial charge in [0.15, 0.2) is 0 Å². The van der Waals surface area contributed by atoms with Crippen molar-refractivity contribution in [3.8, 4) is 0 Å². The van der Waals surface area contributed by atoms with E-state index in [-0.39, 0.29) is 19.6 Å². The molecule has 0 amide bonds. The Hall–Kier alpha value is -0.965. The molecule has 8 nitrogen and oxygen atoms in total. The highest BCUT2D eigenvalue weighted by Gasteiger charge is 2.28. The average molecular weight is 474 g/mol. The first-order valence-electron chi connectivity index (χ1n) is 12.7. The van der Waals surface area contributed by atoms with Gasteiger partial charge >= 0.3 is 7.32 Å². The van der Waals surface area contributed by atoms with E-state index in [1.54, 1.807) is 0 Å². The summed E-state index contributed by atoms with van der Waals surface area (Å²) in [7, 11) is -1.41. The minimum atomic E-state index is -1.41. The normalized spacial score (nSPS) is 13.4. The van der Waals surface area contributed by atoms with Crippen LogP contribution in [0.25, 0.3) is 0 Å². The van der Waals surface area contributed by atoms with Crippen molar-refractivity contribution < 1.29 is 39.2 Å². The molecule has 0 heterocycles. The first-order chi connectivity index (χ1) is 16.0. The van der Waals surface area contributed by atoms with E-state index >= 15 is 0 Å². The number of aliphatic hydroxyl groups is 4. The summed E-state index contributed by atoms with van der Waals surface area (Å²) in [6.07, 6.45) is 17.8. The lowest BCUT2D eigenvalue weighted by atomic mass is 10.1. The predicted octanol–water partition coefficient (Wildman–Crippen LogP) is 3.29. The Bertz CT molecular complexity index is 450. The zero-order valence-electron chi connectivity index (χ0n) is 20.5. The monoisotopic (exact) mass is 474 g/mol. The number of aliphatic hydroxyl groups excluding tert-OH is 4. The summed E-state index contributed by atoms with van der Waals surface area (Å²) >= 11 is 0. The van der Waals surface area contributed by atoms with E-state index in [2.05, 4.69) is 19.1 Å². The summed E-state index contributed by atoms with van der Waals surface area (Å²) in [6.45, 7) is 0.641. The minimum Gasteiger partial charge on any atom is -0.485 e. The van der Waals surface area contributed by atoms with Crippen molar-refractivity contribution in [1.29, 1.82) is 0 Å². The predicted molar refractivity (Wildman–Crippen MR) is 129 cm³/mol. The van der Waals surface area contributed by atoms with Crippen LogP contribution in [0.5, 0.6) is 0 Å². The van der Waals surface area contributed by atoms with Crippen LogP contribution in [0.4, 0.5) is 0 Å². The van der Waals surface area contributed by atoms with Gasteiger partial charge in [-0.15, -0.1) is 0 Å². The molecular weight excluding hydrogens is 427 g/mol. The van der Waals surface area contributed by atoms with E-state index in [9.17, 15) is 15.0 Å². The number of carbonyl (C=O) groups excluding carboxylic acids is 1. The fourth-order valence-corrected chi connectivity index (χ4v) is 3.11. The molecule has 0 rings (SSSR count). The van der Waals surface area contributed by atoms with Crippen LogP contribution in [0, 0.1) is 0 Å². The van der Waals surface area contributed by atoms with Crippen molar-refractivity contribution >= 4 is 13.3 Å². The maximum Gasteiger partial charge on any atom is 0.715 e. The molecule has 0 aromatic rings. The summed E-state index contributed by atoms with van der Waals surface area (Å²) < 4.78 is 15.3. The SMILES string of the molecule is CCCCCCCC/C=C\CCCCCCCC(=O)OB(OCC(O)CO)OCC(O)CO. The molecule has 0 saturated heterocycles. The Labute approximate surface area is 200 Å². The molecule has 194 valence electrons. The second-order valence-electron chi connectivity index (χ2n) is 8.45. The number of hydrogen-bond donors (Lipinski definition) is 4. The molecule has 0 aliphatic rings. The molecule has 0 aliphatic carbocycles. The standard InChI is InChI=1S/C24H47BO8/c1-2-3-4-5-6-7-8-9-10-11-12-13-14-15-16-17-24(30)33-25(31-20-22(28)18-26)32-21-23(29)19-27/h9-10,22-23,26-29H,2-8,11-21H2,1H3/b10-9-. The van der Waals surface area contributed by atoms with Crippen LogP contribution in [-0.4, -0.2) is 72.4 Å². The molecule has 33 heavy (non-hydrogen) atoms. The Morgan fingerprint density at radius 3 is 1.70 bits per heavy atom. The van der Waals surface area contributed by atoms with Crippen LogP contribution < -0.4 is 0 Å². The molecule has 0 aliphatic heterocycles. The van der Waals surface area contributed by atoms with Gasteiger partial charge in [0.1, 0.15) is 0 Å². The quantitative estimate of drug-likeness (QED) is 0.0954.